The molecule has 0 spiro atoms. The summed E-state index contributed by atoms with van der Waals surface area (Å²) >= 11 is 13.7. The number of ether oxygens (including phenoxy) is 1. The number of nitrogens with one attached hydrogen (secondary N) is 1. The van der Waals surface area contributed by atoms with Crippen molar-refractivity contribution in [3.8, 4) is 28.4 Å². The quantitative estimate of drug-likeness (QED) is 0.236. The Morgan fingerprint density at radius 3 is 2.73 bits per heavy atom. The highest BCUT2D eigenvalue weighted by molar-refractivity contribution is 7.89. The number of nitrogens with zero attached hydrogens (tertiary/aromatic N) is 5. The monoisotopic (exact) mass is 614 g/mol. The van der Waals surface area contributed by atoms with Crippen molar-refractivity contribution < 1.29 is 13.2 Å². The number of benzene rings is 2. The SMILES string of the molecule is COc1cc(-c2nc3sccn3c2-c2ccnc(N[C@@H]3CCCN(S(=O)(=O)c4ccc(Cl)cc4)C3)n2)ccc1Cl. The zero-order chi connectivity index (χ0) is 27.9. The molecule has 0 bridgehead atoms. The Balaban J connectivity index is 1.29. The minimum absolute atomic E-state index is 0.155. The van der Waals surface area contributed by atoms with Crippen LogP contribution in [0.1, 0.15) is 12.8 Å². The van der Waals surface area contributed by atoms with Crippen LogP contribution in [0.2, 0.25) is 10.0 Å². The molecule has 40 heavy (non-hydrogen) atoms. The van der Waals surface area contributed by atoms with Crippen molar-refractivity contribution >= 4 is 55.5 Å². The fraction of sp³-hybridized carbons (Fsp3) is 0.222. The molecule has 6 rings (SSSR count). The Bertz CT molecular complexity index is 1790. The number of aromatic nitrogens is 4. The Morgan fingerprint density at radius 1 is 1.10 bits per heavy atom. The summed E-state index contributed by atoms with van der Waals surface area (Å²) in [5.74, 6) is 0.972. The van der Waals surface area contributed by atoms with E-state index in [9.17, 15) is 8.42 Å². The number of imidazole rings is 1. The number of halogens is 2. The van der Waals surface area contributed by atoms with Gasteiger partial charge in [-0.1, -0.05) is 29.3 Å². The Morgan fingerprint density at radius 2 is 1.93 bits per heavy atom. The fourth-order valence-electron chi connectivity index (χ4n) is 4.82. The molecule has 3 aromatic heterocycles. The summed E-state index contributed by atoms with van der Waals surface area (Å²) in [6.45, 7) is 0.750. The van der Waals surface area contributed by atoms with Crippen molar-refractivity contribution in [3.05, 3.63) is 76.3 Å². The second kappa shape index (κ2) is 11.0. The maximum absolute atomic E-state index is 13.2. The first kappa shape index (κ1) is 27.0. The third-order valence-corrected chi connectivity index (χ3v) is 9.95. The second-order valence-corrected chi connectivity index (χ2v) is 12.9. The molecule has 5 aromatic rings. The van der Waals surface area contributed by atoms with Crippen LogP contribution in [0, 0.1) is 0 Å². The van der Waals surface area contributed by atoms with Crippen LogP contribution in [0.4, 0.5) is 5.95 Å². The van der Waals surface area contributed by atoms with Crippen LogP contribution in [0.25, 0.3) is 27.6 Å². The number of rotatable bonds is 7. The first-order valence-corrected chi connectivity index (χ1v) is 15.6. The lowest BCUT2D eigenvalue weighted by molar-refractivity contribution is 0.326. The zero-order valence-corrected chi connectivity index (χ0v) is 24.4. The molecule has 1 fully saturated rings. The third kappa shape index (κ3) is 5.15. The van der Waals surface area contributed by atoms with Gasteiger partial charge in [-0.05, 0) is 55.3 Å². The number of hydrogen-bond acceptors (Lipinski definition) is 8. The molecule has 0 saturated carbocycles. The number of methoxy groups -OCH3 is 1. The molecule has 1 aliphatic heterocycles. The fourth-order valence-corrected chi connectivity index (χ4v) is 7.37. The molecule has 13 heteroatoms. The van der Waals surface area contributed by atoms with Crippen molar-refractivity contribution in [2.45, 2.75) is 23.8 Å². The highest BCUT2D eigenvalue weighted by Gasteiger charge is 2.31. The number of thiazole rings is 1. The van der Waals surface area contributed by atoms with E-state index >= 15 is 0 Å². The summed E-state index contributed by atoms with van der Waals surface area (Å²) in [4.78, 5) is 15.2. The topological polar surface area (TPSA) is 102 Å². The van der Waals surface area contributed by atoms with Gasteiger partial charge in [0.1, 0.15) is 11.4 Å². The predicted octanol–water partition coefficient (Wildman–Crippen LogP) is 6.10. The average molecular weight is 616 g/mol. The number of sulfonamides is 1. The Labute approximate surface area is 245 Å². The molecule has 1 N–H and O–H groups in total. The number of fused-ring (bicyclic) bond motifs is 1. The minimum atomic E-state index is -3.65. The molecule has 9 nitrogen and oxygen atoms in total. The van der Waals surface area contributed by atoms with E-state index in [0.29, 0.717) is 46.9 Å². The van der Waals surface area contributed by atoms with Crippen molar-refractivity contribution in [2.24, 2.45) is 0 Å². The van der Waals surface area contributed by atoms with E-state index in [2.05, 4.69) is 10.3 Å². The molecular formula is C27H24Cl2N6O3S2. The van der Waals surface area contributed by atoms with E-state index in [1.165, 1.54) is 27.8 Å². The van der Waals surface area contributed by atoms with Crippen molar-refractivity contribution in [1.82, 2.24) is 23.7 Å². The molecule has 0 amide bonds. The Kier molecular flexibility index (Phi) is 7.41. The summed E-state index contributed by atoms with van der Waals surface area (Å²) < 4.78 is 35.4. The standard InChI is InChI=1S/C27H24Cl2N6O3S2/c1-38-23-15-17(4-9-21(23)29)24-25(35-13-14-39-27(35)33-24)22-10-11-30-26(32-22)31-19-3-2-12-34(16-19)40(36,37)20-7-5-18(28)6-8-20/h4-11,13-15,19H,2-3,12,16H2,1H3,(H,30,31,32)/t19-/m1/s1. The summed E-state index contributed by atoms with van der Waals surface area (Å²) in [5, 5.41) is 6.33. The van der Waals surface area contributed by atoms with Crippen LogP contribution >= 0.6 is 34.5 Å². The van der Waals surface area contributed by atoms with Gasteiger partial charge in [0.25, 0.3) is 0 Å². The van der Waals surface area contributed by atoms with Gasteiger partial charge in [0, 0.05) is 47.5 Å². The molecule has 0 unspecified atom stereocenters. The third-order valence-electron chi connectivity index (χ3n) is 6.75. The van der Waals surface area contributed by atoms with Crippen LogP contribution in [0.3, 0.4) is 0 Å². The molecule has 1 saturated heterocycles. The molecule has 206 valence electrons. The largest absolute Gasteiger partial charge is 0.495 e. The van der Waals surface area contributed by atoms with Gasteiger partial charge in [-0.3, -0.25) is 4.40 Å². The van der Waals surface area contributed by atoms with E-state index < -0.39 is 10.0 Å². The van der Waals surface area contributed by atoms with Crippen molar-refractivity contribution in [2.75, 3.05) is 25.5 Å². The highest BCUT2D eigenvalue weighted by Crippen LogP contribution is 2.37. The highest BCUT2D eigenvalue weighted by atomic mass is 35.5. The first-order valence-electron chi connectivity index (χ1n) is 12.5. The van der Waals surface area contributed by atoms with E-state index in [1.807, 2.05) is 34.2 Å². The average Bonchev–Trinajstić information content (AvgIpc) is 3.56. The molecule has 1 aliphatic rings. The maximum Gasteiger partial charge on any atom is 0.243 e. The van der Waals surface area contributed by atoms with E-state index in [0.717, 1.165) is 28.3 Å². The van der Waals surface area contributed by atoms with Crippen molar-refractivity contribution in [1.29, 1.82) is 0 Å². The van der Waals surface area contributed by atoms with Crippen LogP contribution in [0.15, 0.2) is 71.2 Å². The molecule has 1 atom stereocenters. The van der Waals surface area contributed by atoms with Crippen LogP contribution in [0.5, 0.6) is 5.75 Å². The second-order valence-electron chi connectivity index (χ2n) is 9.28. The Hall–Kier alpha value is -3.22. The lowest BCUT2D eigenvalue weighted by Crippen LogP contribution is -2.45. The molecular weight excluding hydrogens is 591 g/mol. The molecule has 0 radical (unpaired) electrons. The predicted molar refractivity (Wildman–Crippen MR) is 158 cm³/mol. The molecule has 2 aromatic carbocycles. The smallest absolute Gasteiger partial charge is 0.243 e. The van der Waals surface area contributed by atoms with Crippen LogP contribution in [-0.2, 0) is 10.0 Å². The lowest BCUT2D eigenvalue weighted by Gasteiger charge is -2.32. The lowest BCUT2D eigenvalue weighted by atomic mass is 10.1. The van der Waals surface area contributed by atoms with Crippen molar-refractivity contribution in [3.63, 3.8) is 0 Å². The summed E-state index contributed by atoms with van der Waals surface area (Å²) in [5.41, 5.74) is 3.07. The normalized spacial score (nSPS) is 16.3. The summed E-state index contributed by atoms with van der Waals surface area (Å²) in [7, 11) is -2.07. The summed E-state index contributed by atoms with van der Waals surface area (Å²) in [6, 6.07) is 13.5. The first-order chi connectivity index (χ1) is 19.3. The number of hydrogen-bond donors (Lipinski definition) is 1. The van der Waals surface area contributed by atoms with Gasteiger partial charge in [0.15, 0.2) is 4.96 Å². The maximum atomic E-state index is 13.2. The van der Waals surface area contributed by atoms with Crippen LogP contribution < -0.4 is 10.1 Å². The van der Waals surface area contributed by atoms with Gasteiger partial charge in [-0.2, -0.15) is 4.31 Å². The van der Waals surface area contributed by atoms with E-state index in [1.54, 1.807) is 31.5 Å². The minimum Gasteiger partial charge on any atom is -0.495 e. The van der Waals surface area contributed by atoms with Crippen LogP contribution in [-0.4, -0.2) is 58.3 Å². The van der Waals surface area contributed by atoms with Gasteiger partial charge < -0.3 is 10.1 Å². The number of anilines is 1. The molecule has 0 aliphatic carbocycles. The summed E-state index contributed by atoms with van der Waals surface area (Å²) in [6.07, 6.45) is 5.14. The van der Waals surface area contributed by atoms with Gasteiger partial charge in [-0.15, -0.1) is 11.3 Å². The van der Waals surface area contributed by atoms with Gasteiger partial charge in [0.2, 0.25) is 16.0 Å². The van der Waals surface area contributed by atoms with Gasteiger partial charge >= 0.3 is 0 Å². The molecule has 4 heterocycles. The van der Waals surface area contributed by atoms with E-state index in [4.69, 9.17) is 37.9 Å². The van der Waals surface area contributed by atoms with Gasteiger partial charge in [0.05, 0.1) is 28.4 Å². The van der Waals surface area contributed by atoms with E-state index in [-0.39, 0.29) is 10.9 Å². The zero-order valence-electron chi connectivity index (χ0n) is 21.3. The number of piperidine rings is 1. The van der Waals surface area contributed by atoms with Gasteiger partial charge in [-0.25, -0.2) is 23.4 Å².